The number of hydrogen-bond acceptors (Lipinski definition) is 0. The molecule has 0 saturated heterocycles. The average Bonchev–Trinajstić information content (AvgIpc) is 3.52. The maximum absolute atomic E-state index is 13.7. The van der Waals surface area contributed by atoms with Crippen molar-refractivity contribution in [1.29, 1.82) is 0 Å². The topological polar surface area (TPSA) is 0 Å². The quantitative estimate of drug-likeness (QED) is 0.218. The Bertz CT molecular complexity index is 1960. The van der Waals surface area contributed by atoms with Gasteiger partial charge in [0.2, 0.25) is 0 Å². The van der Waals surface area contributed by atoms with E-state index in [2.05, 4.69) is 95.5 Å². The third-order valence-electron chi connectivity index (χ3n) is 13.4. The molecule has 3 aromatic rings. The zero-order valence-electron chi connectivity index (χ0n) is 32.7. The molecule has 0 nitrogen and oxygen atoms in total. The Hall–Kier alpha value is -1.74. The molecule has 6 heteroatoms. The van der Waals surface area contributed by atoms with Crippen molar-refractivity contribution >= 4 is 6.98 Å². The fraction of sp³-hybridized carbons (Fsp3) is 0.511. The molecule has 4 bridgehead atoms. The van der Waals surface area contributed by atoms with Crippen molar-refractivity contribution in [2.75, 3.05) is 0 Å². The Labute approximate surface area is 336 Å². The largest absolute Gasteiger partial charge is 1.00 e. The molecule has 0 radical (unpaired) electrons. The number of alkyl halides is 3. The van der Waals surface area contributed by atoms with E-state index in [1.54, 1.807) is 24.3 Å². The summed E-state index contributed by atoms with van der Waals surface area (Å²) in [6, 6.07) is 17.9. The van der Waals surface area contributed by atoms with Crippen LogP contribution < -0.4 is 28.1 Å². The van der Waals surface area contributed by atoms with E-state index in [0.717, 1.165) is 29.7 Å². The summed E-state index contributed by atoms with van der Waals surface area (Å²) in [6.45, 7) is 18.7. The second-order valence-corrected chi connectivity index (χ2v) is 24.7. The summed E-state index contributed by atoms with van der Waals surface area (Å²) in [5.41, 5.74) is 12.3. The first-order valence-electron chi connectivity index (χ1n) is 19.5. The minimum atomic E-state index is -4.34. The summed E-state index contributed by atoms with van der Waals surface area (Å²) in [4.78, 5) is 0. The first-order valence-corrected chi connectivity index (χ1v) is 23.4. The Morgan fingerprint density at radius 2 is 1.32 bits per heavy atom. The molecule has 1 atom stereocenters. The number of allylic oxidation sites excluding steroid dienone is 4. The van der Waals surface area contributed by atoms with Gasteiger partial charge in [0.05, 0.1) is 0 Å². The van der Waals surface area contributed by atoms with Crippen LogP contribution in [0.5, 0.6) is 0 Å². The molecule has 0 heterocycles. The predicted octanol–water partition coefficient (Wildman–Crippen LogP) is 6.43. The Balaban J connectivity index is 0.00000240. The average molecular weight is 839 g/mol. The van der Waals surface area contributed by atoms with Gasteiger partial charge in [0.1, 0.15) is 0 Å². The summed E-state index contributed by atoms with van der Waals surface area (Å²) in [6.07, 6.45) is 9.03. The van der Waals surface area contributed by atoms with Gasteiger partial charge in [-0.05, 0) is 0 Å². The van der Waals surface area contributed by atoms with Gasteiger partial charge < -0.3 is 24.8 Å². The SMILES string of the molecule is CC1=[C](/[Zr+2](=[CH]/c2ccc(C(F)(F)F)cc2)[c]2c(C(C)(C)C)ccc3c2Cc2cc(C(C)(C)C)ccc2-3)C(C)C=C1CC12CC3CC(CC(C3)C1)C2.[Cl-].[Cl-]. The fourth-order valence-corrected chi connectivity index (χ4v) is 20.1. The molecule has 282 valence electrons. The number of benzene rings is 3. The minimum Gasteiger partial charge on any atom is -1.00 e. The molecule has 6 aliphatic carbocycles. The van der Waals surface area contributed by atoms with Gasteiger partial charge in [-0.25, -0.2) is 0 Å². The van der Waals surface area contributed by atoms with Crippen molar-refractivity contribution < 1.29 is 59.3 Å². The van der Waals surface area contributed by atoms with E-state index >= 15 is 0 Å². The van der Waals surface area contributed by atoms with Crippen molar-refractivity contribution in [2.24, 2.45) is 29.1 Å². The second kappa shape index (κ2) is 14.3. The van der Waals surface area contributed by atoms with Gasteiger partial charge in [-0.3, -0.25) is 0 Å². The smallest absolute Gasteiger partial charge is 1.00 e. The van der Waals surface area contributed by atoms with Crippen molar-refractivity contribution in [1.82, 2.24) is 0 Å². The summed E-state index contributed by atoms with van der Waals surface area (Å²) in [7, 11) is 0. The maximum atomic E-state index is 13.7. The van der Waals surface area contributed by atoms with E-state index in [-0.39, 0.29) is 35.6 Å². The Morgan fingerprint density at radius 1 is 0.755 bits per heavy atom. The van der Waals surface area contributed by atoms with E-state index in [9.17, 15) is 13.2 Å². The Morgan fingerprint density at radius 3 is 1.87 bits per heavy atom. The molecule has 0 N–H and O–H groups in total. The summed E-state index contributed by atoms with van der Waals surface area (Å²) in [5, 5.41) is 0. The molecule has 1 unspecified atom stereocenters. The summed E-state index contributed by atoms with van der Waals surface area (Å²) < 4.78 is 46.8. The molecule has 4 saturated carbocycles. The van der Waals surface area contributed by atoms with E-state index < -0.39 is 33.0 Å². The van der Waals surface area contributed by atoms with E-state index in [1.165, 1.54) is 96.0 Å². The summed E-state index contributed by atoms with van der Waals surface area (Å²) >= 11 is -2.97. The maximum Gasteiger partial charge on any atom is -1.00 e. The first kappa shape index (κ1) is 40.9. The molecule has 0 amide bonds. The zero-order chi connectivity index (χ0) is 36.2. The van der Waals surface area contributed by atoms with Crippen LogP contribution in [0.15, 0.2) is 75.1 Å². The predicted molar refractivity (Wildman–Crippen MR) is 203 cm³/mol. The van der Waals surface area contributed by atoms with Crippen LogP contribution in [-0.4, -0.2) is 3.71 Å². The van der Waals surface area contributed by atoms with Gasteiger partial charge in [0.25, 0.3) is 0 Å². The van der Waals surface area contributed by atoms with Crippen LogP contribution in [0, 0.1) is 29.1 Å². The number of fused-ring (bicyclic) bond motifs is 3. The zero-order valence-corrected chi connectivity index (χ0v) is 36.7. The normalized spacial score (nSPS) is 25.9. The van der Waals surface area contributed by atoms with E-state index in [1.807, 2.05) is 0 Å². The molecular formula is C47H55Cl2F3Zr. The van der Waals surface area contributed by atoms with Crippen LogP contribution in [-0.2, 0) is 44.7 Å². The van der Waals surface area contributed by atoms with Crippen molar-refractivity contribution in [2.45, 2.75) is 124 Å². The number of rotatable bonds is 5. The molecular weight excluding hydrogens is 784 g/mol. The van der Waals surface area contributed by atoms with Gasteiger partial charge in [-0.2, -0.15) is 0 Å². The van der Waals surface area contributed by atoms with E-state index in [4.69, 9.17) is 0 Å². The third-order valence-corrected chi connectivity index (χ3v) is 21.1. The van der Waals surface area contributed by atoms with Gasteiger partial charge in [0.15, 0.2) is 0 Å². The standard InChI is InChI=1S/C21H25.C18H25.C8H5F3.2ClH.Zr/c1-20(2,3)16-7-9-18-14(12-16)11-15-13-17(21(4,5)6)8-10-19(15)18;1-12-3-13(2)17(4-12)11-18-8-14-5-15(9-18)7-16(6-14)10-18;1-6-2-4-7(5-3-6)8(9,10)11;;;/h7-10,12H,11H2,1-6H3;4,12,14-16H,5-11H2,1-2H3;1-5H;2*1H;/q;;;;;+2/p-2. The molecule has 0 spiro atoms. The van der Waals surface area contributed by atoms with Crippen LogP contribution in [0.2, 0.25) is 0 Å². The summed E-state index contributed by atoms with van der Waals surface area (Å²) in [5.74, 6) is 3.13. The molecule has 6 aliphatic rings. The number of halogens is 5. The van der Waals surface area contributed by atoms with Crippen LogP contribution in [0.4, 0.5) is 13.2 Å². The molecule has 0 aromatic heterocycles. The first-order chi connectivity index (χ1) is 23.9. The third kappa shape index (κ3) is 7.58. The van der Waals surface area contributed by atoms with Crippen molar-refractivity contribution in [3.8, 4) is 11.1 Å². The Kier molecular flexibility index (Phi) is 11.1. The van der Waals surface area contributed by atoms with Crippen LogP contribution in [0.25, 0.3) is 11.1 Å². The molecule has 9 rings (SSSR count). The van der Waals surface area contributed by atoms with Gasteiger partial charge >= 0.3 is 314 Å². The van der Waals surface area contributed by atoms with Gasteiger partial charge in [-0.1, -0.05) is 0 Å². The molecule has 53 heavy (non-hydrogen) atoms. The van der Waals surface area contributed by atoms with Gasteiger partial charge in [0, 0.05) is 0 Å². The van der Waals surface area contributed by atoms with E-state index in [0.29, 0.717) is 11.3 Å². The second-order valence-electron chi connectivity index (χ2n) is 19.4. The molecule has 4 fully saturated rings. The number of hydrogen-bond donors (Lipinski definition) is 0. The fourth-order valence-electron chi connectivity index (χ4n) is 11.5. The minimum absolute atomic E-state index is 0. The van der Waals surface area contributed by atoms with Crippen LogP contribution >= 0.6 is 0 Å². The van der Waals surface area contributed by atoms with Crippen molar-refractivity contribution in [3.63, 3.8) is 0 Å². The molecule has 3 aromatic carbocycles. The monoisotopic (exact) mass is 836 g/mol. The van der Waals surface area contributed by atoms with Crippen molar-refractivity contribution in [3.05, 3.63) is 108 Å². The van der Waals surface area contributed by atoms with Crippen LogP contribution in [0.3, 0.4) is 0 Å². The van der Waals surface area contributed by atoms with Gasteiger partial charge in [-0.15, -0.1) is 0 Å². The van der Waals surface area contributed by atoms with Crippen LogP contribution in [0.1, 0.15) is 134 Å². The molecule has 0 aliphatic heterocycles.